The number of benzene rings is 1. The summed E-state index contributed by atoms with van der Waals surface area (Å²) in [6.45, 7) is 0.893. The van der Waals surface area contributed by atoms with Crippen molar-refractivity contribution in [1.82, 2.24) is 9.97 Å². The highest BCUT2D eigenvalue weighted by Gasteiger charge is 2.40. The molecule has 3 aromatic rings. The molecule has 11 heteroatoms. The number of ether oxygens (including phenoxy) is 1. The molecule has 2 aromatic heterocycles. The maximum Gasteiger partial charge on any atom is 0.329 e. The van der Waals surface area contributed by atoms with E-state index in [1.165, 1.54) is 24.4 Å². The highest BCUT2D eigenvalue weighted by molar-refractivity contribution is 6.05. The van der Waals surface area contributed by atoms with Gasteiger partial charge in [0, 0.05) is 31.8 Å². The zero-order chi connectivity index (χ0) is 26.6. The smallest absolute Gasteiger partial charge is 0.329 e. The Kier molecular flexibility index (Phi) is 7.47. The van der Waals surface area contributed by atoms with Crippen LogP contribution in [0.1, 0.15) is 28.9 Å². The molecule has 0 spiro atoms. The number of nitrogens with one attached hydrogen (secondary N) is 1. The molecule has 1 fully saturated rings. The van der Waals surface area contributed by atoms with Crippen molar-refractivity contribution in [3.8, 4) is 5.75 Å². The number of aryl methyl sites for hydroxylation is 1. The van der Waals surface area contributed by atoms with E-state index in [0.29, 0.717) is 24.5 Å². The number of anilines is 3. The Balaban J connectivity index is 1.33. The van der Waals surface area contributed by atoms with Gasteiger partial charge in [-0.3, -0.25) is 15.0 Å². The van der Waals surface area contributed by atoms with Gasteiger partial charge in [0.2, 0.25) is 0 Å². The number of urea groups is 1. The fraction of sp³-hybridized carbons (Fsp3) is 0.333. The molecule has 2 amide bonds. The molecule has 0 unspecified atom stereocenters. The molecule has 10 nitrogen and oxygen atoms in total. The maximum atomic E-state index is 13.5. The molecule has 2 aliphatic rings. The van der Waals surface area contributed by atoms with Crippen LogP contribution in [-0.4, -0.2) is 70.4 Å². The fourth-order valence-electron chi connectivity index (χ4n) is 4.69. The van der Waals surface area contributed by atoms with Crippen LogP contribution in [0.2, 0.25) is 0 Å². The topological polar surface area (TPSA) is 128 Å². The number of Topliss-reactive ketones (excluding diaryl/α,β-unsaturated/α-hetero) is 1. The van der Waals surface area contributed by atoms with Gasteiger partial charge < -0.3 is 19.8 Å². The monoisotopic (exact) mass is 521 g/mol. The Morgan fingerprint density at radius 2 is 2.08 bits per heavy atom. The van der Waals surface area contributed by atoms with E-state index in [-0.39, 0.29) is 42.2 Å². The van der Waals surface area contributed by atoms with Crippen LogP contribution in [0, 0.1) is 5.82 Å². The van der Waals surface area contributed by atoms with E-state index < -0.39 is 18.7 Å². The van der Waals surface area contributed by atoms with E-state index in [0.717, 1.165) is 24.2 Å². The Labute approximate surface area is 218 Å². The third kappa shape index (κ3) is 5.58. The van der Waals surface area contributed by atoms with Crippen molar-refractivity contribution in [3.63, 3.8) is 0 Å². The van der Waals surface area contributed by atoms with Crippen LogP contribution in [0.25, 0.3) is 0 Å². The van der Waals surface area contributed by atoms with Crippen molar-refractivity contribution >= 4 is 29.1 Å². The van der Waals surface area contributed by atoms with Gasteiger partial charge in [0.25, 0.3) is 0 Å². The van der Waals surface area contributed by atoms with Crippen LogP contribution < -0.4 is 19.9 Å². The van der Waals surface area contributed by atoms with Crippen LogP contribution in [0.15, 0.2) is 54.7 Å². The average Bonchev–Trinajstić information content (AvgIpc) is 3.34. The van der Waals surface area contributed by atoms with E-state index in [1.807, 2.05) is 6.07 Å². The number of carbonyl (C=O) groups is 2. The van der Waals surface area contributed by atoms with E-state index >= 15 is 0 Å². The third-order valence-corrected chi connectivity index (χ3v) is 6.61. The summed E-state index contributed by atoms with van der Waals surface area (Å²) >= 11 is 0. The van der Waals surface area contributed by atoms with Gasteiger partial charge in [-0.15, -0.1) is 0 Å². The summed E-state index contributed by atoms with van der Waals surface area (Å²) in [5.74, 6) is 0.490. The van der Waals surface area contributed by atoms with Crippen LogP contribution in [0.5, 0.6) is 5.75 Å². The standard InChI is InChI=1S/C27H28FN5O5/c28-18-3-1-2-17(12-18)4-7-24(36)22-5-6-23-26(30-22)33(19-9-11-32(23)14-19)27(37)31-25-13-21(8-10-29-25)38-16-20(35)15-34/h1-3,5-6,8,10,12-13,19-20,34-35H,4,7,9,11,14-16H2,(H,29,31,37)/t19-,20+/m0/s1. The SMILES string of the molecule is O=C(CCc1cccc(F)c1)c1ccc2c(n1)N(C(=O)Nc1cc(OC[C@H](O)CO)ccn1)[C@H]1CCN2C1. The largest absolute Gasteiger partial charge is 0.491 e. The van der Waals surface area contributed by atoms with Gasteiger partial charge in [0.15, 0.2) is 11.6 Å². The number of hydrogen-bond acceptors (Lipinski definition) is 8. The number of aromatic nitrogens is 2. The first-order chi connectivity index (χ1) is 18.4. The molecule has 2 aliphatic heterocycles. The number of ketones is 1. The summed E-state index contributed by atoms with van der Waals surface area (Å²) in [4.78, 5) is 38.9. The summed E-state index contributed by atoms with van der Waals surface area (Å²) in [5.41, 5.74) is 1.75. The molecule has 2 bridgehead atoms. The van der Waals surface area contributed by atoms with Crippen LogP contribution in [0.3, 0.4) is 0 Å². The van der Waals surface area contributed by atoms with E-state index in [2.05, 4.69) is 20.2 Å². The molecule has 38 heavy (non-hydrogen) atoms. The number of amides is 2. The number of nitrogens with zero attached hydrogens (tertiary/aromatic N) is 4. The third-order valence-electron chi connectivity index (χ3n) is 6.61. The number of carbonyl (C=O) groups excluding carboxylic acids is 2. The highest BCUT2D eigenvalue weighted by Crippen LogP contribution is 2.39. The number of aliphatic hydroxyl groups is 2. The maximum absolute atomic E-state index is 13.5. The molecular formula is C27H28FN5O5. The predicted molar refractivity (Wildman–Crippen MR) is 138 cm³/mol. The second-order valence-electron chi connectivity index (χ2n) is 9.31. The van der Waals surface area contributed by atoms with E-state index in [9.17, 15) is 19.1 Å². The van der Waals surface area contributed by atoms with E-state index in [1.54, 1.807) is 29.2 Å². The van der Waals surface area contributed by atoms with Gasteiger partial charge in [-0.1, -0.05) is 12.1 Å². The first-order valence-corrected chi connectivity index (χ1v) is 12.4. The summed E-state index contributed by atoms with van der Waals surface area (Å²) < 4.78 is 18.9. The number of aliphatic hydroxyl groups excluding tert-OH is 2. The minimum atomic E-state index is -1.02. The molecule has 2 atom stereocenters. The Hall–Kier alpha value is -4.09. The molecule has 0 aliphatic carbocycles. The molecule has 198 valence electrons. The van der Waals surface area contributed by atoms with E-state index in [4.69, 9.17) is 9.84 Å². The number of fused-ring (bicyclic) bond motifs is 4. The van der Waals surface area contributed by atoms with Crippen molar-refractivity contribution < 1.29 is 28.9 Å². The lowest BCUT2D eigenvalue weighted by molar-refractivity contribution is 0.0536. The minimum absolute atomic E-state index is 0.106. The summed E-state index contributed by atoms with van der Waals surface area (Å²) in [5, 5.41) is 21.2. The minimum Gasteiger partial charge on any atom is -0.491 e. The van der Waals surface area contributed by atoms with Crippen molar-refractivity contribution in [1.29, 1.82) is 0 Å². The molecule has 3 N–H and O–H groups in total. The van der Waals surface area contributed by atoms with Crippen molar-refractivity contribution in [2.45, 2.75) is 31.4 Å². The molecule has 0 radical (unpaired) electrons. The van der Waals surface area contributed by atoms with Gasteiger partial charge in [-0.2, -0.15) is 0 Å². The Morgan fingerprint density at radius 3 is 2.89 bits per heavy atom. The molecule has 0 saturated carbocycles. The van der Waals surface area contributed by atoms with Gasteiger partial charge >= 0.3 is 6.03 Å². The van der Waals surface area contributed by atoms with Crippen LogP contribution >= 0.6 is 0 Å². The Morgan fingerprint density at radius 1 is 1.21 bits per heavy atom. The summed E-state index contributed by atoms with van der Waals surface area (Å²) in [6.07, 6.45) is 1.74. The highest BCUT2D eigenvalue weighted by atomic mass is 19.1. The lowest BCUT2D eigenvalue weighted by Crippen LogP contribution is -2.48. The summed E-state index contributed by atoms with van der Waals surface area (Å²) in [6, 6.07) is 12.2. The van der Waals surface area contributed by atoms with Crippen molar-refractivity contribution in [2.75, 3.05) is 41.4 Å². The number of halogens is 1. The molecular weight excluding hydrogens is 493 g/mol. The quantitative estimate of drug-likeness (QED) is 0.367. The number of rotatable bonds is 9. The Bertz CT molecular complexity index is 1340. The second kappa shape index (κ2) is 11.1. The first-order valence-electron chi connectivity index (χ1n) is 12.4. The lowest BCUT2D eigenvalue weighted by Gasteiger charge is -2.35. The second-order valence-corrected chi connectivity index (χ2v) is 9.31. The molecule has 1 saturated heterocycles. The predicted octanol–water partition coefficient (Wildman–Crippen LogP) is 2.79. The normalized spacial score (nSPS) is 16.7. The zero-order valence-corrected chi connectivity index (χ0v) is 20.6. The fourth-order valence-corrected chi connectivity index (χ4v) is 4.69. The molecule has 1 aromatic carbocycles. The van der Waals surface area contributed by atoms with Crippen molar-refractivity contribution in [2.24, 2.45) is 0 Å². The van der Waals surface area contributed by atoms with Gasteiger partial charge in [0.05, 0.1) is 18.3 Å². The van der Waals surface area contributed by atoms with Gasteiger partial charge in [-0.05, 0) is 48.7 Å². The lowest BCUT2D eigenvalue weighted by atomic mass is 10.1. The summed E-state index contributed by atoms with van der Waals surface area (Å²) in [7, 11) is 0. The molecule has 4 heterocycles. The van der Waals surface area contributed by atoms with Crippen LogP contribution in [0.4, 0.5) is 26.5 Å². The van der Waals surface area contributed by atoms with Gasteiger partial charge in [0.1, 0.15) is 35.8 Å². The first kappa shape index (κ1) is 25.6. The number of pyridine rings is 2. The number of hydrogen-bond donors (Lipinski definition) is 3. The zero-order valence-electron chi connectivity index (χ0n) is 20.6. The molecule has 5 rings (SSSR count). The van der Waals surface area contributed by atoms with Crippen LogP contribution in [-0.2, 0) is 6.42 Å². The van der Waals surface area contributed by atoms with Gasteiger partial charge in [-0.25, -0.2) is 19.2 Å². The van der Waals surface area contributed by atoms with Crippen molar-refractivity contribution in [3.05, 3.63) is 71.8 Å². The average molecular weight is 522 g/mol.